The maximum atomic E-state index is 11.5. The van der Waals surface area contributed by atoms with Gasteiger partial charge in [0.15, 0.2) is 0 Å². The van der Waals surface area contributed by atoms with Gasteiger partial charge < -0.3 is 0 Å². The Morgan fingerprint density at radius 3 is 3.00 bits per heavy atom. The van der Waals surface area contributed by atoms with E-state index < -0.39 is 0 Å². The highest BCUT2D eigenvalue weighted by Crippen LogP contribution is 2.10. The summed E-state index contributed by atoms with van der Waals surface area (Å²) in [7, 11) is 0. The van der Waals surface area contributed by atoms with Crippen LogP contribution < -0.4 is 5.56 Å². The van der Waals surface area contributed by atoms with E-state index in [2.05, 4.69) is 27.5 Å². The van der Waals surface area contributed by atoms with Gasteiger partial charge in [0.2, 0.25) is 0 Å². The second-order valence-corrected chi connectivity index (χ2v) is 4.86. The van der Waals surface area contributed by atoms with Gasteiger partial charge in [-0.2, -0.15) is 0 Å². The van der Waals surface area contributed by atoms with Crippen molar-refractivity contribution in [2.24, 2.45) is 0 Å². The minimum absolute atomic E-state index is 0.152. The first kappa shape index (κ1) is 11.2. The number of rotatable bonds is 2. The Balaban J connectivity index is 3.19. The summed E-state index contributed by atoms with van der Waals surface area (Å²) < 4.78 is 2.58. The Labute approximate surface area is 102 Å². The van der Waals surface area contributed by atoms with Gasteiger partial charge in [0.1, 0.15) is 8.72 Å². The Hall–Kier alpha value is 0.120. The molecule has 0 unspecified atom stereocenters. The van der Waals surface area contributed by atoms with Crippen LogP contribution in [0, 0.1) is 3.57 Å². The molecule has 0 aliphatic heterocycles. The summed E-state index contributed by atoms with van der Waals surface area (Å²) in [6.45, 7) is 4.04. The fourth-order valence-electron chi connectivity index (χ4n) is 0.741. The molecule has 0 saturated heterocycles. The van der Waals surface area contributed by atoms with Gasteiger partial charge in [-0.1, -0.05) is 34.1 Å². The van der Waals surface area contributed by atoms with Crippen molar-refractivity contribution in [1.82, 2.24) is 9.55 Å². The molecule has 1 aromatic rings. The average molecular weight is 375 g/mol. The van der Waals surface area contributed by atoms with Gasteiger partial charge in [0, 0.05) is 4.48 Å². The predicted octanol–water partition coefficient (Wildman–Crippen LogP) is 2.41. The lowest BCUT2D eigenvalue weighted by Gasteiger charge is -2.03. The number of hydrogen-bond acceptors (Lipinski definition) is 2. The molecular weight excluding hydrogens is 370 g/mol. The molecule has 1 heterocycles. The summed E-state index contributed by atoms with van der Waals surface area (Å²) in [6.07, 6.45) is 1.40. The first-order valence-corrected chi connectivity index (χ1v) is 5.51. The van der Waals surface area contributed by atoms with Crippen molar-refractivity contribution in [1.29, 1.82) is 0 Å². The van der Waals surface area contributed by atoms with Crippen molar-refractivity contribution in [3.05, 3.63) is 36.5 Å². The molecule has 0 bridgehead atoms. The summed E-state index contributed by atoms with van der Waals surface area (Å²) in [5.74, 6) is 0. The minimum Gasteiger partial charge on any atom is -0.293 e. The van der Waals surface area contributed by atoms with Crippen molar-refractivity contribution in [2.75, 3.05) is 0 Å². The highest BCUT2D eigenvalue weighted by Gasteiger charge is 2.06. The molecule has 0 amide bonds. The number of hydrogen-bond donors (Lipinski definition) is 0. The van der Waals surface area contributed by atoms with E-state index in [4.69, 9.17) is 11.6 Å². The lowest BCUT2D eigenvalue weighted by atomic mass is 10.5. The second-order valence-electron chi connectivity index (χ2n) is 2.30. The molecule has 13 heavy (non-hydrogen) atoms. The van der Waals surface area contributed by atoms with Gasteiger partial charge in [0.05, 0.1) is 12.9 Å². The normalized spacial score (nSPS) is 10.1. The number of allylic oxidation sites excluding steroid dienone is 1. The third-order valence-corrected chi connectivity index (χ3v) is 3.11. The van der Waals surface area contributed by atoms with Crippen molar-refractivity contribution in [3.8, 4) is 0 Å². The monoisotopic (exact) mass is 374 g/mol. The van der Waals surface area contributed by atoms with Crippen LogP contribution in [0.2, 0.25) is 5.15 Å². The topological polar surface area (TPSA) is 34.9 Å². The summed E-state index contributed by atoms with van der Waals surface area (Å²) in [6, 6.07) is 0. The average Bonchev–Trinajstić information content (AvgIpc) is 2.06. The third kappa shape index (κ3) is 2.78. The van der Waals surface area contributed by atoms with Crippen molar-refractivity contribution < 1.29 is 0 Å². The van der Waals surface area contributed by atoms with Gasteiger partial charge in [-0.3, -0.25) is 9.36 Å². The smallest absolute Gasteiger partial charge is 0.268 e. The lowest BCUT2D eigenvalue weighted by Crippen LogP contribution is -2.23. The van der Waals surface area contributed by atoms with Gasteiger partial charge in [-0.25, -0.2) is 4.98 Å². The zero-order chi connectivity index (χ0) is 10.0. The molecule has 1 rings (SSSR count). The van der Waals surface area contributed by atoms with E-state index in [1.54, 1.807) is 0 Å². The summed E-state index contributed by atoms with van der Waals surface area (Å²) in [4.78, 5) is 15.3. The molecule has 1 aromatic heterocycles. The molecule has 3 nitrogen and oxygen atoms in total. The Kier molecular flexibility index (Phi) is 3.93. The fourth-order valence-corrected chi connectivity index (χ4v) is 1.59. The SMILES string of the molecule is C=C(Br)Cn1cnc(Cl)c(I)c1=O. The van der Waals surface area contributed by atoms with Crippen LogP contribution in [-0.2, 0) is 6.54 Å². The van der Waals surface area contributed by atoms with E-state index in [1.807, 2.05) is 22.6 Å². The van der Waals surface area contributed by atoms with E-state index >= 15 is 0 Å². The lowest BCUT2D eigenvalue weighted by molar-refractivity contribution is 0.743. The molecule has 6 heteroatoms. The zero-order valence-electron chi connectivity index (χ0n) is 6.43. The van der Waals surface area contributed by atoms with Crippen LogP contribution in [0.4, 0.5) is 0 Å². The summed E-state index contributed by atoms with van der Waals surface area (Å²) in [5.41, 5.74) is -0.152. The Bertz CT molecular complexity index is 404. The van der Waals surface area contributed by atoms with Crippen LogP contribution in [0.3, 0.4) is 0 Å². The summed E-state index contributed by atoms with van der Waals surface area (Å²) in [5, 5.41) is 0.238. The van der Waals surface area contributed by atoms with Crippen molar-refractivity contribution in [2.45, 2.75) is 6.54 Å². The molecule has 0 atom stereocenters. The highest BCUT2D eigenvalue weighted by molar-refractivity contribution is 14.1. The molecule has 0 spiro atoms. The van der Waals surface area contributed by atoms with E-state index in [-0.39, 0.29) is 10.7 Å². The molecule has 0 aliphatic rings. The largest absolute Gasteiger partial charge is 0.293 e. The predicted molar refractivity (Wildman–Crippen MR) is 64.3 cm³/mol. The molecule has 0 aromatic carbocycles. The second kappa shape index (κ2) is 4.56. The van der Waals surface area contributed by atoms with Gasteiger partial charge in [-0.15, -0.1) is 0 Å². The number of nitrogens with zero attached hydrogens (tertiary/aromatic N) is 2. The highest BCUT2D eigenvalue weighted by atomic mass is 127. The van der Waals surface area contributed by atoms with E-state index in [9.17, 15) is 4.79 Å². The van der Waals surface area contributed by atoms with Crippen LogP contribution >= 0.6 is 50.1 Å². The van der Waals surface area contributed by atoms with Crippen molar-refractivity contribution in [3.63, 3.8) is 0 Å². The third-order valence-electron chi connectivity index (χ3n) is 1.28. The summed E-state index contributed by atoms with van der Waals surface area (Å²) >= 11 is 10.7. The van der Waals surface area contributed by atoms with Crippen molar-refractivity contribution >= 4 is 50.1 Å². The Morgan fingerprint density at radius 1 is 1.85 bits per heavy atom. The van der Waals surface area contributed by atoms with E-state index in [1.165, 1.54) is 10.9 Å². The maximum Gasteiger partial charge on any atom is 0.268 e. The number of aromatic nitrogens is 2. The zero-order valence-corrected chi connectivity index (χ0v) is 10.9. The molecule has 0 radical (unpaired) electrons. The number of halogens is 3. The Morgan fingerprint density at radius 2 is 2.46 bits per heavy atom. The standard InChI is InChI=1S/C7H5BrClIN2O/c1-4(8)2-12-3-11-6(9)5(10)7(12)13/h3H,1-2H2. The first-order valence-electron chi connectivity index (χ1n) is 3.26. The quantitative estimate of drug-likeness (QED) is 0.588. The molecule has 0 N–H and O–H groups in total. The van der Waals surface area contributed by atoms with Gasteiger partial charge in [-0.05, 0) is 22.6 Å². The van der Waals surface area contributed by atoms with Gasteiger partial charge >= 0.3 is 0 Å². The molecule has 0 aliphatic carbocycles. The first-order chi connectivity index (χ1) is 6.02. The van der Waals surface area contributed by atoms with Crippen LogP contribution in [0.15, 0.2) is 22.2 Å². The fraction of sp³-hybridized carbons (Fsp3) is 0.143. The van der Waals surface area contributed by atoms with Crippen LogP contribution in [-0.4, -0.2) is 9.55 Å². The minimum atomic E-state index is -0.152. The van der Waals surface area contributed by atoms with E-state index in [0.717, 1.165) is 4.48 Å². The van der Waals surface area contributed by atoms with Crippen LogP contribution in [0.5, 0.6) is 0 Å². The maximum absolute atomic E-state index is 11.5. The molecule has 0 saturated carbocycles. The molecule has 70 valence electrons. The van der Waals surface area contributed by atoms with Crippen LogP contribution in [0.1, 0.15) is 0 Å². The van der Waals surface area contributed by atoms with Crippen LogP contribution in [0.25, 0.3) is 0 Å². The molecular formula is C7H5BrClIN2O. The van der Waals surface area contributed by atoms with Gasteiger partial charge in [0.25, 0.3) is 5.56 Å². The molecule has 0 fully saturated rings. The van der Waals surface area contributed by atoms with E-state index in [0.29, 0.717) is 10.1 Å².